The molecule has 60 heavy (non-hydrogen) atoms. The molecule has 0 saturated carbocycles. The number of benzene rings is 2. The molecule has 344 valence electrons. The van der Waals surface area contributed by atoms with Crippen molar-refractivity contribution in [1.29, 1.82) is 0 Å². The summed E-state index contributed by atoms with van der Waals surface area (Å²) in [5, 5.41) is 2.86. The molecular formula is C57H96N2Ni. The summed E-state index contributed by atoms with van der Waals surface area (Å²) >= 11 is 2.03. The fourth-order valence-corrected chi connectivity index (χ4v) is 9.74. The van der Waals surface area contributed by atoms with Crippen LogP contribution in [0.15, 0.2) is 59.7 Å². The number of unbranched alkanes of at least 4 members (excludes halogenated alkanes) is 23. The average molecular weight is 868 g/mol. The summed E-state index contributed by atoms with van der Waals surface area (Å²) in [6, 6.07) is 18.0. The predicted molar refractivity (Wildman–Crippen MR) is 265 cm³/mol. The number of aryl methyl sites for hydroxylation is 2. The topological polar surface area (TPSA) is 25.3 Å². The molecule has 0 spiro atoms. The fraction of sp³-hybridized carbons (Fsp3) is 0.719. The van der Waals surface area contributed by atoms with E-state index in [0.29, 0.717) is 0 Å². The molecule has 0 saturated heterocycles. The van der Waals surface area contributed by atoms with E-state index in [1.165, 1.54) is 219 Å². The van der Waals surface area contributed by atoms with E-state index >= 15 is 0 Å². The third-order valence-electron chi connectivity index (χ3n) is 12.4. The van der Waals surface area contributed by atoms with Crippen LogP contribution in [0, 0.1) is 0 Å². The average Bonchev–Trinajstić information content (AvgIpc) is 3.54. The van der Waals surface area contributed by atoms with Gasteiger partial charge < -0.3 is 5.53 Å². The normalized spacial score (nSPS) is 12.9. The second-order valence-corrected chi connectivity index (χ2v) is 19.4. The standard InChI is InChI=1S/C35H50N2.2C11H23.Ni/c1-5-9-13-15-19-33-32(18-14-10-6-2)34(30-24-20-28(21-25-30)16-11-7-3)37(36)35(33)31-26-22-29(23-27-31)17-12-8-4;2*1-3-5-7-9-11-10-8-6-4-2;/h20-27H,5-19H2,1-4H3;2*1,3-11H2,2H3;. The molecule has 0 aliphatic carbocycles. The fourth-order valence-electron chi connectivity index (χ4n) is 8.50. The zero-order valence-electron chi connectivity index (χ0n) is 40.6. The van der Waals surface area contributed by atoms with Gasteiger partial charge in [-0.25, -0.2) is 4.70 Å². The van der Waals surface area contributed by atoms with Crippen LogP contribution in [0.1, 0.15) is 263 Å². The van der Waals surface area contributed by atoms with Crippen molar-refractivity contribution in [2.75, 3.05) is 0 Å². The second-order valence-electron chi connectivity index (χ2n) is 18.0. The zero-order valence-corrected chi connectivity index (χ0v) is 41.6. The van der Waals surface area contributed by atoms with Crippen LogP contribution in [0.5, 0.6) is 0 Å². The Labute approximate surface area is 380 Å². The van der Waals surface area contributed by atoms with Gasteiger partial charge in [0, 0.05) is 22.3 Å². The maximum absolute atomic E-state index is 11.8. The summed E-state index contributed by atoms with van der Waals surface area (Å²) in [5.74, 6) is 0. The van der Waals surface area contributed by atoms with Crippen LogP contribution < -0.4 is 0 Å². The molecule has 1 aliphatic heterocycles. The monoisotopic (exact) mass is 867 g/mol. The number of allylic oxidation sites excluding steroid dienone is 2. The van der Waals surface area contributed by atoms with E-state index in [0.717, 1.165) is 48.2 Å². The van der Waals surface area contributed by atoms with Crippen molar-refractivity contribution in [1.82, 2.24) is 0 Å². The molecule has 1 aliphatic rings. The number of nitrogens with zero attached hydrogens (tertiary/aromatic N) is 2. The van der Waals surface area contributed by atoms with Gasteiger partial charge >= 0.3 is 155 Å². The van der Waals surface area contributed by atoms with Gasteiger partial charge in [0.1, 0.15) is 0 Å². The summed E-state index contributed by atoms with van der Waals surface area (Å²) in [7, 11) is 0. The van der Waals surface area contributed by atoms with Gasteiger partial charge in [-0.05, 0) is 86.8 Å². The number of hydrogen-bond acceptors (Lipinski definition) is 0. The Hall–Kier alpha value is -1.99. The molecule has 0 atom stereocenters. The van der Waals surface area contributed by atoms with Gasteiger partial charge in [-0.1, -0.05) is 96.9 Å². The van der Waals surface area contributed by atoms with Crippen LogP contribution >= 0.6 is 0 Å². The summed E-state index contributed by atoms with van der Waals surface area (Å²) < 4.78 is 1.54. The first-order chi connectivity index (χ1) is 29.6. The molecule has 0 N–H and O–H groups in total. The van der Waals surface area contributed by atoms with Crippen molar-refractivity contribution in [3.63, 3.8) is 0 Å². The van der Waals surface area contributed by atoms with Crippen molar-refractivity contribution in [3.8, 4) is 0 Å². The molecule has 0 unspecified atom stereocenters. The van der Waals surface area contributed by atoms with Crippen LogP contribution in [-0.2, 0) is 27.3 Å². The van der Waals surface area contributed by atoms with Gasteiger partial charge in [-0.2, -0.15) is 0 Å². The van der Waals surface area contributed by atoms with E-state index in [4.69, 9.17) is 0 Å². The molecule has 0 radical (unpaired) electrons. The van der Waals surface area contributed by atoms with E-state index in [1.54, 1.807) is 4.70 Å². The molecular weight excluding hydrogens is 771 g/mol. The summed E-state index contributed by atoms with van der Waals surface area (Å²) in [6.07, 6.45) is 44.0. The summed E-state index contributed by atoms with van der Waals surface area (Å²) in [4.78, 5) is 0. The maximum atomic E-state index is 11.8. The Balaban J connectivity index is 0.000000466. The van der Waals surface area contributed by atoms with Crippen molar-refractivity contribution in [2.45, 2.75) is 264 Å². The SMILES string of the molecule is CCCCCCC1=C(c2ccc(CCCC)cc2)[N+](=[N-])C(c2ccc(CCCC)cc2)=C1CCCCC.CCCCCCCCCC[CH2][Ni][CH2]CCCCCCCCCC. The first-order valence-corrected chi connectivity index (χ1v) is 27.5. The third kappa shape index (κ3) is 23.5. The molecule has 1 heterocycles. The minimum atomic E-state index is 1.01. The van der Waals surface area contributed by atoms with Crippen LogP contribution in [0.3, 0.4) is 0 Å². The van der Waals surface area contributed by atoms with E-state index in [1.807, 2.05) is 14.4 Å². The third-order valence-corrected chi connectivity index (χ3v) is 13.8. The predicted octanol–water partition coefficient (Wildman–Crippen LogP) is 20.1. The van der Waals surface area contributed by atoms with Gasteiger partial charge in [0.15, 0.2) is 0 Å². The van der Waals surface area contributed by atoms with Gasteiger partial charge in [-0.3, -0.25) is 0 Å². The molecule has 0 fully saturated rings. The molecule has 0 amide bonds. The van der Waals surface area contributed by atoms with E-state index in [9.17, 15) is 5.53 Å². The van der Waals surface area contributed by atoms with E-state index in [-0.39, 0.29) is 0 Å². The van der Waals surface area contributed by atoms with E-state index < -0.39 is 0 Å². The van der Waals surface area contributed by atoms with Gasteiger partial charge in [-0.15, -0.1) is 0 Å². The molecule has 2 nitrogen and oxygen atoms in total. The molecule has 2 aromatic carbocycles. The minimum absolute atomic E-state index is 1.01. The number of rotatable bonds is 37. The first-order valence-electron chi connectivity index (χ1n) is 26.1. The van der Waals surface area contributed by atoms with Gasteiger partial charge in [0.25, 0.3) is 0 Å². The Morgan fingerprint density at radius 3 is 0.967 bits per heavy atom. The molecule has 3 rings (SSSR count). The van der Waals surface area contributed by atoms with Crippen molar-refractivity contribution in [3.05, 3.63) is 87.5 Å². The Kier molecular flexibility index (Phi) is 33.9. The summed E-state index contributed by atoms with van der Waals surface area (Å²) in [5.41, 5.74) is 21.6. The molecule has 0 aromatic heterocycles. The molecule has 3 heteroatoms. The first kappa shape index (κ1) is 54.1. The van der Waals surface area contributed by atoms with Crippen molar-refractivity contribution < 1.29 is 19.1 Å². The van der Waals surface area contributed by atoms with E-state index in [2.05, 4.69) is 90.1 Å². The van der Waals surface area contributed by atoms with Crippen molar-refractivity contribution in [2.24, 2.45) is 0 Å². The molecule has 0 bridgehead atoms. The Bertz CT molecular complexity index is 1360. The van der Waals surface area contributed by atoms with Crippen LogP contribution in [-0.4, -0.2) is 4.70 Å². The van der Waals surface area contributed by atoms with Crippen LogP contribution in [0.4, 0.5) is 0 Å². The van der Waals surface area contributed by atoms with Crippen LogP contribution in [0.2, 0.25) is 10.8 Å². The quantitative estimate of drug-likeness (QED) is 0.0367. The zero-order chi connectivity index (χ0) is 43.3. The molecule has 2 aromatic rings. The summed E-state index contributed by atoms with van der Waals surface area (Å²) in [6.45, 7) is 13.6. The second kappa shape index (κ2) is 37.6. The van der Waals surface area contributed by atoms with Gasteiger partial charge in [0.05, 0.1) is 0 Å². The van der Waals surface area contributed by atoms with Gasteiger partial charge in [0.2, 0.25) is 11.4 Å². The van der Waals surface area contributed by atoms with Crippen molar-refractivity contribution >= 4 is 11.4 Å². The number of hydrogen-bond donors (Lipinski definition) is 0. The Morgan fingerprint density at radius 2 is 0.617 bits per heavy atom. The van der Waals surface area contributed by atoms with Crippen LogP contribution in [0.25, 0.3) is 16.9 Å². The Morgan fingerprint density at radius 1 is 0.333 bits per heavy atom.